The summed E-state index contributed by atoms with van der Waals surface area (Å²) in [6.07, 6.45) is 3.49. The minimum atomic E-state index is -3.80. The Balaban J connectivity index is 2.10. The van der Waals surface area contributed by atoms with Crippen LogP contribution in [0.5, 0.6) is 0 Å². The van der Waals surface area contributed by atoms with Crippen molar-refractivity contribution in [1.82, 2.24) is 5.32 Å². The van der Waals surface area contributed by atoms with Crippen molar-refractivity contribution in [3.8, 4) is 0 Å². The summed E-state index contributed by atoms with van der Waals surface area (Å²) in [4.78, 5) is 12.0. The van der Waals surface area contributed by atoms with Crippen LogP contribution >= 0.6 is 10.7 Å². The average molecular weight is 302 g/mol. The number of hydrogen-bond donors (Lipinski definition) is 1. The molecule has 0 saturated heterocycles. The van der Waals surface area contributed by atoms with Gasteiger partial charge in [-0.15, -0.1) is 0 Å². The highest BCUT2D eigenvalue weighted by molar-refractivity contribution is 8.13. The molecular formula is C13H16ClNO3S. The van der Waals surface area contributed by atoms with Gasteiger partial charge in [0, 0.05) is 22.3 Å². The Morgan fingerprint density at radius 2 is 2.11 bits per heavy atom. The lowest BCUT2D eigenvalue weighted by Gasteiger charge is -2.31. The molecule has 1 aliphatic rings. The van der Waals surface area contributed by atoms with Crippen LogP contribution in [0.15, 0.2) is 29.2 Å². The molecule has 0 aromatic heterocycles. The summed E-state index contributed by atoms with van der Waals surface area (Å²) in [6.45, 7) is 1.98. The van der Waals surface area contributed by atoms with Gasteiger partial charge in [-0.25, -0.2) is 8.42 Å². The molecule has 1 unspecified atom stereocenters. The normalized spacial score (nSPS) is 17.6. The molecule has 0 bridgehead atoms. The molecule has 19 heavy (non-hydrogen) atoms. The third kappa shape index (κ3) is 3.48. The smallest absolute Gasteiger partial charge is 0.261 e. The molecule has 1 aliphatic carbocycles. The maximum Gasteiger partial charge on any atom is 0.261 e. The number of nitrogens with one attached hydrogen (secondary N) is 1. The molecule has 4 nitrogen and oxygen atoms in total. The molecule has 0 radical (unpaired) electrons. The highest BCUT2D eigenvalue weighted by atomic mass is 35.7. The van der Waals surface area contributed by atoms with Crippen molar-refractivity contribution in [3.05, 3.63) is 29.8 Å². The van der Waals surface area contributed by atoms with Crippen molar-refractivity contribution in [2.24, 2.45) is 5.92 Å². The van der Waals surface area contributed by atoms with E-state index in [4.69, 9.17) is 10.7 Å². The highest BCUT2D eigenvalue weighted by Gasteiger charge is 2.25. The average Bonchev–Trinajstić information content (AvgIpc) is 2.25. The van der Waals surface area contributed by atoms with Crippen LogP contribution in [-0.2, 0) is 9.05 Å². The van der Waals surface area contributed by atoms with Gasteiger partial charge in [-0.05, 0) is 43.9 Å². The topological polar surface area (TPSA) is 63.2 Å². The largest absolute Gasteiger partial charge is 0.349 e. The van der Waals surface area contributed by atoms with Crippen molar-refractivity contribution in [1.29, 1.82) is 0 Å². The van der Waals surface area contributed by atoms with Gasteiger partial charge in [0.1, 0.15) is 0 Å². The molecule has 6 heteroatoms. The van der Waals surface area contributed by atoms with Crippen LogP contribution in [0, 0.1) is 5.92 Å². The van der Waals surface area contributed by atoms with E-state index in [-0.39, 0.29) is 16.8 Å². The standard InChI is InChI=1S/C13H16ClNO3S/c1-9(10-4-2-5-10)15-13(16)11-6-3-7-12(8-11)19(14,17)18/h3,6-10H,2,4-5H2,1H3,(H,15,16). The monoisotopic (exact) mass is 301 g/mol. The first-order valence-corrected chi connectivity index (χ1v) is 8.54. The fraction of sp³-hybridized carbons (Fsp3) is 0.462. The second-order valence-electron chi connectivity index (χ2n) is 4.92. The van der Waals surface area contributed by atoms with Crippen molar-refractivity contribution in [3.63, 3.8) is 0 Å². The minimum Gasteiger partial charge on any atom is -0.349 e. The van der Waals surface area contributed by atoms with E-state index in [1.165, 1.54) is 24.6 Å². The van der Waals surface area contributed by atoms with E-state index in [2.05, 4.69) is 5.32 Å². The Hall–Kier alpha value is -1.07. The van der Waals surface area contributed by atoms with Crippen molar-refractivity contribution in [2.45, 2.75) is 37.1 Å². The maximum atomic E-state index is 12.0. The van der Waals surface area contributed by atoms with Crippen LogP contribution < -0.4 is 5.32 Å². The lowest BCUT2D eigenvalue weighted by Crippen LogP contribution is -2.40. The molecule has 0 aliphatic heterocycles. The summed E-state index contributed by atoms with van der Waals surface area (Å²) >= 11 is 0. The van der Waals surface area contributed by atoms with Gasteiger partial charge in [0.2, 0.25) is 0 Å². The number of rotatable bonds is 4. The van der Waals surface area contributed by atoms with Gasteiger partial charge in [0.15, 0.2) is 0 Å². The lowest BCUT2D eigenvalue weighted by molar-refractivity contribution is 0.0909. The first-order valence-electron chi connectivity index (χ1n) is 6.23. The first-order chi connectivity index (χ1) is 8.88. The summed E-state index contributed by atoms with van der Waals surface area (Å²) in [5.41, 5.74) is 0.313. The zero-order valence-electron chi connectivity index (χ0n) is 10.6. The van der Waals surface area contributed by atoms with E-state index in [0.29, 0.717) is 11.5 Å². The van der Waals surface area contributed by atoms with Gasteiger partial charge in [0.05, 0.1) is 4.90 Å². The number of amides is 1. The second-order valence-corrected chi connectivity index (χ2v) is 7.48. The summed E-state index contributed by atoms with van der Waals surface area (Å²) in [7, 11) is 1.46. The Labute approximate surface area is 117 Å². The quantitative estimate of drug-likeness (QED) is 0.869. The van der Waals surface area contributed by atoms with Gasteiger partial charge < -0.3 is 5.32 Å². The Bertz CT molecular complexity index is 581. The summed E-state index contributed by atoms with van der Waals surface area (Å²) in [6, 6.07) is 5.86. The van der Waals surface area contributed by atoms with Gasteiger partial charge in [-0.1, -0.05) is 12.5 Å². The molecule has 1 amide bonds. The van der Waals surface area contributed by atoms with E-state index in [9.17, 15) is 13.2 Å². The predicted molar refractivity (Wildman–Crippen MR) is 73.8 cm³/mol. The molecule has 0 spiro atoms. The molecule has 1 fully saturated rings. The predicted octanol–water partition coefficient (Wildman–Crippen LogP) is 2.53. The Kier molecular flexibility index (Phi) is 4.16. The zero-order chi connectivity index (χ0) is 14.0. The van der Waals surface area contributed by atoms with Gasteiger partial charge in [0.25, 0.3) is 15.0 Å². The fourth-order valence-corrected chi connectivity index (χ4v) is 2.93. The molecule has 1 aromatic rings. The Morgan fingerprint density at radius 3 is 2.63 bits per heavy atom. The minimum absolute atomic E-state index is 0.0573. The SMILES string of the molecule is CC(NC(=O)c1cccc(S(=O)(=O)Cl)c1)C1CCC1. The van der Waals surface area contributed by atoms with Gasteiger partial charge in [-0.2, -0.15) is 0 Å². The van der Waals surface area contributed by atoms with Crippen LogP contribution in [0.2, 0.25) is 0 Å². The van der Waals surface area contributed by atoms with Crippen molar-refractivity contribution in [2.75, 3.05) is 0 Å². The van der Waals surface area contributed by atoms with Crippen molar-refractivity contribution >= 4 is 25.6 Å². The zero-order valence-corrected chi connectivity index (χ0v) is 12.2. The number of halogens is 1. The van der Waals surface area contributed by atoms with Crippen LogP contribution in [0.4, 0.5) is 0 Å². The molecule has 0 heterocycles. The van der Waals surface area contributed by atoms with Crippen LogP contribution in [0.25, 0.3) is 0 Å². The third-order valence-electron chi connectivity index (χ3n) is 3.59. The molecule has 104 valence electrons. The second kappa shape index (κ2) is 5.51. The maximum absolute atomic E-state index is 12.0. The third-order valence-corrected chi connectivity index (χ3v) is 4.94. The lowest BCUT2D eigenvalue weighted by atomic mass is 9.80. The molecule has 2 rings (SSSR count). The molecular weight excluding hydrogens is 286 g/mol. The van der Waals surface area contributed by atoms with Crippen LogP contribution in [0.3, 0.4) is 0 Å². The van der Waals surface area contributed by atoms with Crippen molar-refractivity contribution < 1.29 is 13.2 Å². The molecule has 1 saturated carbocycles. The number of benzene rings is 1. The molecule has 1 atom stereocenters. The van der Waals surface area contributed by atoms with E-state index >= 15 is 0 Å². The number of carbonyl (C=O) groups excluding carboxylic acids is 1. The summed E-state index contributed by atoms with van der Waals surface area (Å²) in [5.74, 6) is 0.269. The molecule has 1 aromatic carbocycles. The summed E-state index contributed by atoms with van der Waals surface area (Å²) < 4.78 is 22.5. The highest BCUT2D eigenvalue weighted by Crippen LogP contribution is 2.29. The fourth-order valence-electron chi connectivity index (χ4n) is 2.14. The summed E-state index contributed by atoms with van der Waals surface area (Å²) in [5, 5.41) is 2.90. The number of carbonyl (C=O) groups is 1. The van der Waals surface area contributed by atoms with Gasteiger partial charge >= 0.3 is 0 Å². The van der Waals surface area contributed by atoms with E-state index < -0.39 is 9.05 Å². The van der Waals surface area contributed by atoms with E-state index in [0.717, 1.165) is 12.8 Å². The van der Waals surface area contributed by atoms with E-state index in [1.54, 1.807) is 6.07 Å². The first kappa shape index (κ1) is 14.3. The van der Waals surface area contributed by atoms with Crippen LogP contribution in [0.1, 0.15) is 36.5 Å². The Morgan fingerprint density at radius 1 is 1.42 bits per heavy atom. The molecule has 1 N–H and O–H groups in total. The number of hydrogen-bond acceptors (Lipinski definition) is 3. The van der Waals surface area contributed by atoms with Crippen LogP contribution in [-0.4, -0.2) is 20.4 Å². The van der Waals surface area contributed by atoms with E-state index in [1.807, 2.05) is 6.92 Å². The van der Waals surface area contributed by atoms with Gasteiger partial charge in [-0.3, -0.25) is 4.79 Å².